The van der Waals surface area contributed by atoms with Gasteiger partial charge >= 0.3 is 0 Å². The first-order chi connectivity index (χ1) is 13.7. The number of fused-ring (bicyclic) bond motifs is 1. The van der Waals surface area contributed by atoms with E-state index in [9.17, 15) is 4.79 Å². The van der Waals surface area contributed by atoms with Crippen molar-refractivity contribution in [1.29, 1.82) is 0 Å². The summed E-state index contributed by atoms with van der Waals surface area (Å²) in [6.07, 6.45) is 5.24. The number of para-hydroxylation sites is 1. The average Bonchev–Trinajstić information content (AvgIpc) is 3.28. The summed E-state index contributed by atoms with van der Waals surface area (Å²) in [6.45, 7) is 4.49. The number of aromatic amines is 1. The minimum Gasteiger partial charge on any atom is -0.292 e. The summed E-state index contributed by atoms with van der Waals surface area (Å²) in [6, 6.07) is 11.8. The van der Waals surface area contributed by atoms with Gasteiger partial charge < -0.3 is 0 Å². The van der Waals surface area contributed by atoms with Crippen molar-refractivity contribution < 1.29 is 0 Å². The molecule has 0 bridgehead atoms. The van der Waals surface area contributed by atoms with E-state index in [0.29, 0.717) is 17.2 Å². The highest BCUT2D eigenvalue weighted by molar-refractivity contribution is 7.20. The molecule has 0 amide bonds. The number of thiazole rings is 1. The van der Waals surface area contributed by atoms with Crippen molar-refractivity contribution in [3.8, 4) is 5.13 Å². The van der Waals surface area contributed by atoms with E-state index in [1.165, 1.54) is 11.3 Å². The molecule has 0 unspecified atom stereocenters. The van der Waals surface area contributed by atoms with Gasteiger partial charge in [-0.25, -0.2) is 4.98 Å². The molecule has 0 aliphatic rings. The number of benzene rings is 1. The van der Waals surface area contributed by atoms with Crippen LogP contribution in [-0.4, -0.2) is 25.5 Å². The third kappa shape index (κ3) is 3.53. The van der Waals surface area contributed by atoms with Gasteiger partial charge in [-0.3, -0.25) is 19.9 Å². The number of rotatable bonds is 6. The Bertz CT molecular complexity index is 1150. The maximum atomic E-state index is 13.2. The molecule has 3 aromatic heterocycles. The van der Waals surface area contributed by atoms with E-state index in [2.05, 4.69) is 27.0 Å². The molecule has 0 atom stereocenters. The number of H-pyrrole nitrogens is 1. The van der Waals surface area contributed by atoms with Crippen LogP contribution in [0.2, 0.25) is 0 Å². The van der Waals surface area contributed by atoms with E-state index >= 15 is 0 Å². The Balaban J connectivity index is 1.75. The molecular weight excluding hydrogens is 370 g/mol. The molecule has 3 heterocycles. The molecule has 28 heavy (non-hydrogen) atoms. The number of hydrogen-bond acceptors (Lipinski definition) is 5. The Morgan fingerprint density at radius 1 is 1.25 bits per heavy atom. The molecule has 0 saturated carbocycles. The highest BCUT2D eigenvalue weighted by atomic mass is 32.1. The maximum Gasteiger partial charge on any atom is 0.282 e. The van der Waals surface area contributed by atoms with Crippen LogP contribution < -0.4 is 5.56 Å². The molecule has 0 aliphatic carbocycles. The zero-order chi connectivity index (χ0) is 19.5. The van der Waals surface area contributed by atoms with Crippen LogP contribution in [0.15, 0.2) is 58.6 Å². The quantitative estimate of drug-likeness (QED) is 0.502. The number of aromatic nitrogens is 4. The second-order valence-electron chi connectivity index (χ2n) is 6.58. The van der Waals surface area contributed by atoms with Crippen LogP contribution in [0.1, 0.15) is 37.1 Å². The maximum absolute atomic E-state index is 13.2. The topological polar surface area (TPSA) is 75.9 Å². The van der Waals surface area contributed by atoms with Gasteiger partial charge in [0.25, 0.3) is 5.56 Å². The van der Waals surface area contributed by atoms with E-state index in [1.54, 1.807) is 17.1 Å². The fourth-order valence-corrected chi connectivity index (χ4v) is 4.08. The Morgan fingerprint density at radius 3 is 2.86 bits per heavy atom. The van der Waals surface area contributed by atoms with Gasteiger partial charge in [-0.2, -0.15) is 4.68 Å². The highest BCUT2D eigenvalue weighted by Gasteiger charge is 2.19. The van der Waals surface area contributed by atoms with E-state index in [-0.39, 0.29) is 5.56 Å². The fourth-order valence-electron chi connectivity index (χ4n) is 3.16. The Morgan fingerprint density at radius 2 is 2.11 bits per heavy atom. The predicted octanol–water partition coefficient (Wildman–Crippen LogP) is 4.13. The van der Waals surface area contributed by atoms with Gasteiger partial charge in [0, 0.05) is 23.8 Å². The van der Waals surface area contributed by atoms with E-state index < -0.39 is 0 Å². The normalized spacial score (nSPS) is 12.0. The number of aryl methyl sites for hydroxylation is 1. The van der Waals surface area contributed by atoms with E-state index in [1.807, 2.05) is 43.3 Å². The first-order valence-electron chi connectivity index (χ1n) is 9.27. The molecule has 142 valence electrons. The fraction of sp³-hybridized carbons (Fsp3) is 0.238. The van der Waals surface area contributed by atoms with Gasteiger partial charge in [0.05, 0.1) is 22.3 Å². The number of hydrogen-bond donors (Lipinski definition) is 1. The van der Waals surface area contributed by atoms with Gasteiger partial charge in [-0.15, -0.1) is 0 Å². The summed E-state index contributed by atoms with van der Waals surface area (Å²) in [5.41, 5.74) is 4.08. The molecule has 7 heteroatoms. The second-order valence-corrected chi connectivity index (χ2v) is 7.59. The average molecular weight is 392 g/mol. The molecule has 1 N–H and O–H groups in total. The molecule has 0 aliphatic heterocycles. The van der Waals surface area contributed by atoms with Gasteiger partial charge in [0.2, 0.25) is 5.13 Å². The van der Waals surface area contributed by atoms with Crippen LogP contribution in [0.5, 0.6) is 0 Å². The second kappa shape index (κ2) is 7.90. The molecule has 0 saturated heterocycles. The molecule has 4 rings (SSSR count). The van der Waals surface area contributed by atoms with Gasteiger partial charge in [-0.05, 0) is 37.1 Å². The van der Waals surface area contributed by atoms with Gasteiger partial charge in [0.1, 0.15) is 0 Å². The van der Waals surface area contributed by atoms with Crippen LogP contribution >= 0.6 is 11.3 Å². The smallest absolute Gasteiger partial charge is 0.282 e. The van der Waals surface area contributed by atoms with Crippen LogP contribution in [0.4, 0.5) is 0 Å². The van der Waals surface area contributed by atoms with Crippen molar-refractivity contribution >= 4 is 27.3 Å². The van der Waals surface area contributed by atoms with Crippen molar-refractivity contribution in [2.75, 3.05) is 0 Å². The molecular formula is C21H21N5OS. The molecule has 6 nitrogen and oxygen atoms in total. The van der Waals surface area contributed by atoms with E-state index in [0.717, 1.165) is 40.0 Å². The van der Waals surface area contributed by atoms with Crippen molar-refractivity contribution in [2.24, 2.45) is 4.99 Å². The minimum absolute atomic E-state index is 0.102. The Labute approximate surface area is 166 Å². The SMILES string of the molecule is CCCc1[nH]n(-c2nc3ccccc3s2)c(=O)c1C(C)=NCc1cccnc1. The predicted molar refractivity (Wildman–Crippen MR) is 114 cm³/mol. The lowest BCUT2D eigenvalue weighted by Crippen LogP contribution is -2.19. The van der Waals surface area contributed by atoms with Gasteiger partial charge in [-0.1, -0.05) is 42.9 Å². The lowest BCUT2D eigenvalue weighted by atomic mass is 10.1. The summed E-state index contributed by atoms with van der Waals surface area (Å²) in [5.74, 6) is 0. The highest BCUT2D eigenvalue weighted by Crippen LogP contribution is 2.24. The van der Waals surface area contributed by atoms with Crippen LogP contribution in [-0.2, 0) is 13.0 Å². The first-order valence-corrected chi connectivity index (χ1v) is 10.1. The minimum atomic E-state index is -0.102. The first kappa shape index (κ1) is 18.3. The van der Waals surface area contributed by atoms with Crippen LogP contribution in [0, 0.1) is 0 Å². The lowest BCUT2D eigenvalue weighted by Gasteiger charge is -2.01. The molecule has 4 aromatic rings. The van der Waals surface area contributed by atoms with Crippen LogP contribution in [0.25, 0.3) is 15.3 Å². The number of nitrogens with one attached hydrogen (secondary N) is 1. The summed E-state index contributed by atoms with van der Waals surface area (Å²) >= 11 is 1.50. The summed E-state index contributed by atoms with van der Waals surface area (Å²) in [7, 11) is 0. The molecule has 0 spiro atoms. The van der Waals surface area contributed by atoms with E-state index in [4.69, 9.17) is 0 Å². The van der Waals surface area contributed by atoms with Crippen LogP contribution in [0.3, 0.4) is 0 Å². The van der Waals surface area contributed by atoms with Crippen molar-refractivity contribution in [3.63, 3.8) is 0 Å². The third-order valence-corrected chi connectivity index (χ3v) is 5.54. The van der Waals surface area contributed by atoms with Gasteiger partial charge in [0.15, 0.2) is 0 Å². The molecule has 0 radical (unpaired) electrons. The monoisotopic (exact) mass is 391 g/mol. The van der Waals surface area contributed by atoms with Crippen molar-refractivity contribution in [2.45, 2.75) is 33.2 Å². The number of pyridine rings is 1. The molecule has 1 aromatic carbocycles. The third-order valence-electron chi connectivity index (χ3n) is 4.52. The number of aliphatic imine (C=N–C) groups is 1. The van der Waals surface area contributed by atoms with Crippen molar-refractivity contribution in [1.82, 2.24) is 19.7 Å². The largest absolute Gasteiger partial charge is 0.292 e. The standard InChI is InChI=1S/C21H21N5OS/c1-3-7-17-19(14(2)23-13-15-8-6-11-22-12-15)20(27)26(25-17)21-24-16-9-4-5-10-18(16)28-21/h4-6,8-12,25H,3,7,13H2,1-2H3. The van der Waals surface area contributed by atoms with Crippen molar-refractivity contribution in [3.05, 3.63) is 76.0 Å². The number of nitrogens with zero attached hydrogens (tertiary/aromatic N) is 4. The molecule has 0 fully saturated rings. The summed E-state index contributed by atoms with van der Waals surface area (Å²) in [5, 5.41) is 3.91. The lowest BCUT2D eigenvalue weighted by molar-refractivity contribution is 0.790. The zero-order valence-electron chi connectivity index (χ0n) is 15.8. The Kier molecular flexibility index (Phi) is 5.16. The summed E-state index contributed by atoms with van der Waals surface area (Å²) in [4.78, 5) is 26.6. The summed E-state index contributed by atoms with van der Waals surface area (Å²) < 4.78 is 2.60. The Hall–Kier alpha value is -3.06. The zero-order valence-corrected chi connectivity index (χ0v) is 16.7.